The quantitative estimate of drug-likeness (QED) is 0.741. The van der Waals surface area contributed by atoms with Gasteiger partial charge in [-0.05, 0) is 25.0 Å². The Morgan fingerprint density at radius 2 is 1.94 bits per heavy atom. The summed E-state index contributed by atoms with van der Waals surface area (Å²) >= 11 is 0. The molecule has 0 radical (unpaired) electrons. The molecule has 0 aliphatic carbocycles. The van der Waals surface area contributed by atoms with Crippen molar-refractivity contribution in [3.63, 3.8) is 0 Å². The molecular formula is C13H16O3. The fourth-order valence-corrected chi connectivity index (χ4v) is 1.37. The lowest BCUT2D eigenvalue weighted by molar-refractivity contribution is -0.112. The average molecular weight is 220 g/mol. The predicted molar refractivity (Wildman–Crippen MR) is 61.8 cm³/mol. The normalized spacial score (nSPS) is 14.9. The third-order valence-electron chi connectivity index (χ3n) is 2.24. The molecule has 0 aliphatic heterocycles. The van der Waals surface area contributed by atoms with Gasteiger partial charge in [-0.2, -0.15) is 0 Å². The number of ketones is 1. The van der Waals surface area contributed by atoms with E-state index in [1.165, 1.54) is 13.0 Å². The minimum absolute atomic E-state index is 0.0681. The summed E-state index contributed by atoms with van der Waals surface area (Å²) < 4.78 is 0. The molecule has 0 saturated carbocycles. The van der Waals surface area contributed by atoms with E-state index >= 15 is 0 Å². The van der Waals surface area contributed by atoms with Crippen molar-refractivity contribution < 1.29 is 15.0 Å². The van der Waals surface area contributed by atoms with E-state index in [2.05, 4.69) is 0 Å². The number of aliphatic hydroxyl groups is 2. The highest BCUT2D eigenvalue weighted by atomic mass is 16.3. The lowest BCUT2D eigenvalue weighted by Gasteiger charge is -2.16. The Kier molecular flexibility index (Phi) is 4.89. The first kappa shape index (κ1) is 12.6. The average Bonchev–Trinajstić information content (AvgIpc) is 2.28. The van der Waals surface area contributed by atoms with Gasteiger partial charge in [0.15, 0.2) is 5.78 Å². The van der Waals surface area contributed by atoms with Crippen molar-refractivity contribution in [3.05, 3.63) is 48.0 Å². The summed E-state index contributed by atoms with van der Waals surface area (Å²) in [6.07, 6.45) is 1.41. The molecule has 2 atom stereocenters. The molecule has 3 heteroatoms. The summed E-state index contributed by atoms with van der Waals surface area (Å²) in [4.78, 5) is 10.6. The fraction of sp³-hybridized carbons (Fsp3) is 0.308. The Morgan fingerprint density at radius 1 is 1.31 bits per heavy atom. The highest BCUT2D eigenvalue weighted by molar-refractivity contribution is 5.87. The Labute approximate surface area is 95.0 Å². The lowest BCUT2D eigenvalue weighted by atomic mass is 10.0. The van der Waals surface area contributed by atoms with Gasteiger partial charge in [-0.25, -0.2) is 0 Å². The van der Waals surface area contributed by atoms with E-state index in [9.17, 15) is 15.0 Å². The zero-order chi connectivity index (χ0) is 12.0. The van der Waals surface area contributed by atoms with Gasteiger partial charge in [-0.1, -0.05) is 36.4 Å². The van der Waals surface area contributed by atoms with Crippen LogP contribution in [0.3, 0.4) is 0 Å². The van der Waals surface area contributed by atoms with E-state index in [-0.39, 0.29) is 12.2 Å². The molecule has 1 aromatic carbocycles. The maximum Gasteiger partial charge on any atom is 0.152 e. The summed E-state index contributed by atoms with van der Waals surface area (Å²) in [6, 6.07) is 8.96. The maximum atomic E-state index is 10.6. The van der Waals surface area contributed by atoms with E-state index in [1.807, 2.05) is 6.07 Å². The van der Waals surface area contributed by atoms with Gasteiger partial charge in [0.1, 0.15) is 6.10 Å². The Hall–Kier alpha value is -1.45. The molecule has 86 valence electrons. The van der Waals surface area contributed by atoms with Crippen LogP contribution in [0, 0.1) is 0 Å². The molecule has 0 aromatic heterocycles. The van der Waals surface area contributed by atoms with E-state index in [0.29, 0.717) is 5.56 Å². The van der Waals surface area contributed by atoms with Crippen molar-refractivity contribution in [2.75, 3.05) is 0 Å². The smallest absolute Gasteiger partial charge is 0.152 e. The molecule has 1 aromatic rings. The largest absolute Gasteiger partial charge is 0.390 e. The van der Waals surface area contributed by atoms with Crippen molar-refractivity contribution in [2.24, 2.45) is 0 Å². The second-order valence-electron chi connectivity index (χ2n) is 3.67. The van der Waals surface area contributed by atoms with E-state index < -0.39 is 12.2 Å². The van der Waals surface area contributed by atoms with Crippen LogP contribution in [0.5, 0.6) is 0 Å². The van der Waals surface area contributed by atoms with Crippen LogP contribution < -0.4 is 0 Å². The molecule has 0 heterocycles. The highest BCUT2D eigenvalue weighted by Crippen LogP contribution is 2.18. The monoisotopic (exact) mass is 220 g/mol. The predicted octanol–water partition coefficient (Wildman–Crippen LogP) is 1.62. The summed E-state index contributed by atoms with van der Waals surface area (Å²) in [6.45, 7) is 1.44. The van der Waals surface area contributed by atoms with Crippen LogP contribution in [0.25, 0.3) is 0 Å². The van der Waals surface area contributed by atoms with Gasteiger partial charge >= 0.3 is 0 Å². The molecule has 1 rings (SSSR count). The van der Waals surface area contributed by atoms with Crippen molar-refractivity contribution >= 4 is 5.78 Å². The van der Waals surface area contributed by atoms with E-state index in [1.54, 1.807) is 30.3 Å². The number of rotatable bonds is 5. The molecule has 0 saturated heterocycles. The number of allylic oxidation sites excluding steroid dienone is 1. The van der Waals surface area contributed by atoms with Crippen LogP contribution in [-0.2, 0) is 4.79 Å². The molecule has 0 amide bonds. The van der Waals surface area contributed by atoms with Crippen LogP contribution in [0.1, 0.15) is 25.0 Å². The number of benzene rings is 1. The van der Waals surface area contributed by atoms with Crippen LogP contribution in [-0.4, -0.2) is 22.1 Å². The van der Waals surface area contributed by atoms with Crippen LogP contribution in [0.15, 0.2) is 42.5 Å². The first-order valence-electron chi connectivity index (χ1n) is 5.19. The molecule has 0 fully saturated rings. The second-order valence-corrected chi connectivity index (χ2v) is 3.67. The summed E-state index contributed by atoms with van der Waals surface area (Å²) in [5.41, 5.74) is 0.672. The van der Waals surface area contributed by atoms with E-state index in [4.69, 9.17) is 0 Å². The maximum absolute atomic E-state index is 10.6. The standard InChI is InChI=1S/C13H16O3/c1-10(14)6-5-9-12(15)13(16)11-7-3-2-4-8-11/h2-8,12-13,15-16H,9H2,1H3/b6-5+/t12?,13-/m1/s1. The van der Waals surface area contributed by atoms with Gasteiger partial charge in [0.05, 0.1) is 6.10 Å². The molecule has 0 bridgehead atoms. The summed E-state index contributed by atoms with van der Waals surface area (Å²) in [7, 11) is 0. The van der Waals surface area contributed by atoms with Crippen LogP contribution >= 0.6 is 0 Å². The number of hydrogen-bond donors (Lipinski definition) is 2. The molecule has 16 heavy (non-hydrogen) atoms. The zero-order valence-corrected chi connectivity index (χ0v) is 9.21. The summed E-state index contributed by atoms with van der Waals surface area (Å²) in [5.74, 6) is -0.0681. The van der Waals surface area contributed by atoms with Crippen molar-refractivity contribution in [3.8, 4) is 0 Å². The number of aliphatic hydroxyl groups excluding tert-OH is 2. The molecular weight excluding hydrogens is 204 g/mol. The zero-order valence-electron chi connectivity index (χ0n) is 9.21. The Morgan fingerprint density at radius 3 is 2.50 bits per heavy atom. The van der Waals surface area contributed by atoms with Gasteiger partial charge < -0.3 is 10.2 Å². The topological polar surface area (TPSA) is 57.5 Å². The van der Waals surface area contributed by atoms with Crippen molar-refractivity contribution in [1.29, 1.82) is 0 Å². The Balaban J connectivity index is 2.54. The molecule has 2 N–H and O–H groups in total. The van der Waals surface area contributed by atoms with Crippen molar-refractivity contribution in [1.82, 2.24) is 0 Å². The van der Waals surface area contributed by atoms with Gasteiger partial charge in [0, 0.05) is 0 Å². The molecule has 3 nitrogen and oxygen atoms in total. The third-order valence-corrected chi connectivity index (χ3v) is 2.24. The van der Waals surface area contributed by atoms with Crippen LogP contribution in [0.2, 0.25) is 0 Å². The van der Waals surface area contributed by atoms with Gasteiger partial charge in [-0.3, -0.25) is 4.79 Å². The fourth-order valence-electron chi connectivity index (χ4n) is 1.37. The lowest BCUT2D eigenvalue weighted by Crippen LogP contribution is -2.17. The number of carbonyl (C=O) groups is 1. The van der Waals surface area contributed by atoms with Gasteiger partial charge in [0.2, 0.25) is 0 Å². The summed E-state index contributed by atoms with van der Waals surface area (Å²) in [5, 5.41) is 19.5. The Bertz CT molecular complexity index is 357. The second kappa shape index (κ2) is 6.20. The highest BCUT2D eigenvalue weighted by Gasteiger charge is 2.16. The van der Waals surface area contributed by atoms with Crippen molar-refractivity contribution in [2.45, 2.75) is 25.6 Å². The minimum Gasteiger partial charge on any atom is -0.390 e. The number of hydrogen-bond acceptors (Lipinski definition) is 3. The van der Waals surface area contributed by atoms with Crippen LogP contribution in [0.4, 0.5) is 0 Å². The third kappa shape index (κ3) is 3.96. The first-order chi connectivity index (χ1) is 7.61. The molecule has 1 unspecified atom stereocenters. The molecule has 0 aliphatic rings. The first-order valence-corrected chi connectivity index (χ1v) is 5.19. The van der Waals surface area contributed by atoms with Gasteiger partial charge in [0.25, 0.3) is 0 Å². The molecule has 0 spiro atoms. The number of carbonyl (C=O) groups excluding carboxylic acids is 1. The minimum atomic E-state index is -0.919. The van der Waals surface area contributed by atoms with Gasteiger partial charge in [-0.15, -0.1) is 0 Å². The SMILES string of the molecule is CC(=O)/C=C/CC(O)[C@H](O)c1ccccc1. The van der Waals surface area contributed by atoms with E-state index in [0.717, 1.165) is 0 Å².